The Bertz CT molecular complexity index is 569. The quantitative estimate of drug-likeness (QED) is 0.807. The van der Waals surface area contributed by atoms with Crippen molar-refractivity contribution in [1.82, 2.24) is 4.90 Å². The summed E-state index contributed by atoms with van der Waals surface area (Å²) in [6.45, 7) is 3.66. The Balaban J connectivity index is 2.58. The Kier molecular flexibility index (Phi) is 6.14. The van der Waals surface area contributed by atoms with Gasteiger partial charge in [-0.2, -0.15) is 0 Å². The zero-order valence-corrected chi connectivity index (χ0v) is 13.2. The molecule has 0 aromatic heterocycles. The minimum atomic E-state index is -3.15. The van der Waals surface area contributed by atoms with Gasteiger partial charge in [0.05, 0.1) is 5.75 Å². The standard InChI is InChI=1S/C14H20FNO4S/c1-11(2)16(8-9-21(3,18)19)14(17)20-10-12-4-6-13(15)7-5-12/h4-7,11H,8-10H2,1-3H3. The molecule has 0 saturated heterocycles. The first-order valence-corrected chi connectivity index (χ1v) is 8.60. The summed E-state index contributed by atoms with van der Waals surface area (Å²) in [5.41, 5.74) is 0.663. The predicted molar refractivity (Wildman–Crippen MR) is 78.1 cm³/mol. The number of sulfone groups is 1. The van der Waals surface area contributed by atoms with E-state index in [1.54, 1.807) is 13.8 Å². The fourth-order valence-electron chi connectivity index (χ4n) is 1.63. The molecule has 1 rings (SSSR count). The molecule has 0 radical (unpaired) electrons. The number of hydrogen-bond donors (Lipinski definition) is 0. The molecule has 0 aliphatic heterocycles. The van der Waals surface area contributed by atoms with Crippen molar-refractivity contribution >= 4 is 15.9 Å². The molecule has 0 heterocycles. The summed E-state index contributed by atoms with van der Waals surface area (Å²) < 4.78 is 40.2. The van der Waals surface area contributed by atoms with Crippen LogP contribution in [0.1, 0.15) is 19.4 Å². The van der Waals surface area contributed by atoms with E-state index in [0.717, 1.165) is 6.26 Å². The Hall–Kier alpha value is -1.63. The van der Waals surface area contributed by atoms with Crippen LogP contribution < -0.4 is 0 Å². The summed E-state index contributed by atoms with van der Waals surface area (Å²) >= 11 is 0. The summed E-state index contributed by atoms with van der Waals surface area (Å²) in [5.74, 6) is -0.473. The molecule has 0 spiro atoms. The van der Waals surface area contributed by atoms with E-state index in [0.29, 0.717) is 5.56 Å². The van der Waals surface area contributed by atoms with Crippen LogP contribution in [0.5, 0.6) is 0 Å². The van der Waals surface area contributed by atoms with Gasteiger partial charge in [0.2, 0.25) is 0 Å². The molecule has 1 aromatic carbocycles. The Morgan fingerprint density at radius 1 is 1.29 bits per heavy atom. The molecule has 5 nitrogen and oxygen atoms in total. The van der Waals surface area contributed by atoms with Crippen LogP contribution in [0.25, 0.3) is 0 Å². The zero-order valence-electron chi connectivity index (χ0n) is 12.4. The van der Waals surface area contributed by atoms with Crippen molar-refractivity contribution in [2.75, 3.05) is 18.6 Å². The summed E-state index contributed by atoms with van der Waals surface area (Å²) in [5, 5.41) is 0. The number of rotatable bonds is 6. The molecule has 0 saturated carbocycles. The third kappa shape index (κ3) is 6.57. The highest BCUT2D eigenvalue weighted by Crippen LogP contribution is 2.08. The Morgan fingerprint density at radius 3 is 2.33 bits per heavy atom. The number of benzene rings is 1. The average Bonchev–Trinajstić information content (AvgIpc) is 2.36. The fraction of sp³-hybridized carbons (Fsp3) is 0.500. The first-order valence-electron chi connectivity index (χ1n) is 6.54. The van der Waals surface area contributed by atoms with Gasteiger partial charge in [0, 0.05) is 18.8 Å². The van der Waals surface area contributed by atoms with Crippen LogP contribution in [-0.4, -0.2) is 44.0 Å². The SMILES string of the molecule is CC(C)N(CCS(C)(=O)=O)C(=O)OCc1ccc(F)cc1. The van der Waals surface area contributed by atoms with Crippen molar-refractivity contribution in [3.63, 3.8) is 0 Å². The maximum absolute atomic E-state index is 12.8. The van der Waals surface area contributed by atoms with Crippen molar-refractivity contribution < 1.29 is 22.3 Å². The topological polar surface area (TPSA) is 63.7 Å². The monoisotopic (exact) mass is 317 g/mol. The minimum Gasteiger partial charge on any atom is -0.445 e. The Labute approximate surface area is 124 Å². The molecule has 0 unspecified atom stereocenters. The number of halogens is 1. The molecule has 0 bridgehead atoms. The van der Waals surface area contributed by atoms with Crippen molar-refractivity contribution in [2.24, 2.45) is 0 Å². The summed E-state index contributed by atoms with van der Waals surface area (Å²) in [6.07, 6.45) is 0.535. The molecule has 0 fully saturated rings. The lowest BCUT2D eigenvalue weighted by Gasteiger charge is -2.25. The van der Waals surface area contributed by atoms with Crippen molar-refractivity contribution in [3.8, 4) is 0 Å². The zero-order chi connectivity index (χ0) is 16.0. The van der Waals surface area contributed by atoms with Gasteiger partial charge in [-0.05, 0) is 31.5 Å². The highest BCUT2D eigenvalue weighted by Gasteiger charge is 2.20. The van der Waals surface area contributed by atoms with E-state index in [-0.39, 0.29) is 30.8 Å². The van der Waals surface area contributed by atoms with Crippen molar-refractivity contribution in [3.05, 3.63) is 35.6 Å². The summed E-state index contributed by atoms with van der Waals surface area (Å²) in [6, 6.07) is 5.45. The highest BCUT2D eigenvalue weighted by molar-refractivity contribution is 7.90. The molecule has 0 aliphatic carbocycles. The van der Waals surface area contributed by atoms with Crippen LogP contribution in [0.4, 0.5) is 9.18 Å². The smallest absolute Gasteiger partial charge is 0.410 e. The van der Waals surface area contributed by atoms with Gasteiger partial charge in [-0.3, -0.25) is 0 Å². The molecule has 21 heavy (non-hydrogen) atoms. The second-order valence-electron chi connectivity index (χ2n) is 5.10. The molecular formula is C14H20FNO4S. The fourth-order valence-corrected chi connectivity index (χ4v) is 2.16. The summed E-state index contributed by atoms with van der Waals surface area (Å²) in [7, 11) is -3.15. The first kappa shape index (κ1) is 17.4. The predicted octanol–water partition coefficient (Wildman–Crippen LogP) is 2.22. The number of carbonyl (C=O) groups excluding carboxylic acids is 1. The van der Waals surface area contributed by atoms with Crippen LogP contribution in [0.2, 0.25) is 0 Å². The van der Waals surface area contributed by atoms with Gasteiger partial charge in [0.15, 0.2) is 0 Å². The van der Waals surface area contributed by atoms with Gasteiger partial charge < -0.3 is 9.64 Å². The van der Waals surface area contributed by atoms with Gasteiger partial charge in [-0.1, -0.05) is 12.1 Å². The largest absolute Gasteiger partial charge is 0.445 e. The molecule has 1 amide bonds. The maximum Gasteiger partial charge on any atom is 0.410 e. The van der Waals surface area contributed by atoms with Gasteiger partial charge >= 0.3 is 6.09 Å². The van der Waals surface area contributed by atoms with Crippen LogP contribution in [-0.2, 0) is 21.2 Å². The van der Waals surface area contributed by atoms with E-state index < -0.39 is 15.9 Å². The number of hydrogen-bond acceptors (Lipinski definition) is 4. The number of nitrogens with zero attached hydrogens (tertiary/aromatic N) is 1. The van der Waals surface area contributed by atoms with E-state index >= 15 is 0 Å². The maximum atomic E-state index is 12.8. The Morgan fingerprint density at radius 2 is 1.86 bits per heavy atom. The first-order chi connectivity index (χ1) is 9.69. The van der Waals surface area contributed by atoms with Crippen LogP contribution in [0, 0.1) is 5.82 Å². The molecule has 118 valence electrons. The number of amides is 1. The van der Waals surface area contributed by atoms with Crippen molar-refractivity contribution in [1.29, 1.82) is 0 Å². The molecule has 0 aliphatic rings. The van der Waals surface area contributed by atoms with Gasteiger partial charge in [0.1, 0.15) is 22.3 Å². The lowest BCUT2D eigenvalue weighted by molar-refractivity contribution is 0.0884. The lowest BCUT2D eigenvalue weighted by Crippen LogP contribution is -2.40. The molecule has 0 atom stereocenters. The second-order valence-corrected chi connectivity index (χ2v) is 7.36. The van der Waals surface area contributed by atoms with E-state index in [9.17, 15) is 17.6 Å². The molecular weight excluding hydrogens is 297 g/mol. The molecule has 1 aromatic rings. The number of carbonyl (C=O) groups is 1. The van der Waals surface area contributed by atoms with Gasteiger partial charge in [-0.25, -0.2) is 17.6 Å². The average molecular weight is 317 g/mol. The second kappa shape index (κ2) is 7.40. The van der Waals surface area contributed by atoms with Crippen LogP contribution in [0.15, 0.2) is 24.3 Å². The van der Waals surface area contributed by atoms with Crippen molar-refractivity contribution in [2.45, 2.75) is 26.5 Å². The third-order valence-electron chi connectivity index (χ3n) is 2.84. The van der Waals surface area contributed by atoms with Crippen LogP contribution >= 0.6 is 0 Å². The van der Waals surface area contributed by atoms with E-state index in [2.05, 4.69) is 0 Å². The molecule has 7 heteroatoms. The van der Waals surface area contributed by atoms with E-state index in [4.69, 9.17) is 4.74 Å². The minimum absolute atomic E-state index is 0.0151. The lowest BCUT2D eigenvalue weighted by atomic mass is 10.2. The molecule has 0 N–H and O–H groups in total. The highest BCUT2D eigenvalue weighted by atomic mass is 32.2. The number of ether oxygens (including phenoxy) is 1. The normalized spacial score (nSPS) is 11.5. The third-order valence-corrected chi connectivity index (χ3v) is 3.76. The van der Waals surface area contributed by atoms with Crippen LogP contribution in [0.3, 0.4) is 0 Å². The van der Waals surface area contributed by atoms with Gasteiger partial charge in [0.25, 0.3) is 0 Å². The van der Waals surface area contributed by atoms with E-state index in [1.807, 2.05) is 0 Å². The summed E-state index contributed by atoms with van der Waals surface area (Å²) in [4.78, 5) is 13.3. The van der Waals surface area contributed by atoms with E-state index in [1.165, 1.54) is 29.2 Å². The van der Waals surface area contributed by atoms with Gasteiger partial charge in [-0.15, -0.1) is 0 Å².